The predicted molar refractivity (Wildman–Crippen MR) is 119 cm³/mol. The fourth-order valence-electron chi connectivity index (χ4n) is 3.60. The number of nitro benzene ring substituents is 1. The van der Waals surface area contributed by atoms with Crippen LogP contribution in [0.1, 0.15) is 40.7 Å². The number of nitrogens with zero attached hydrogens (tertiary/aromatic N) is 2. The molecule has 0 aromatic heterocycles. The Morgan fingerprint density at radius 2 is 1.72 bits per heavy atom. The van der Waals surface area contributed by atoms with Gasteiger partial charge in [0.05, 0.1) is 4.92 Å². The number of carbonyl (C=O) groups is 1. The lowest BCUT2D eigenvalue weighted by Crippen LogP contribution is -2.34. The van der Waals surface area contributed by atoms with Gasteiger partial charge in [-0.25, -0.2) is 0 Å². The van der Waals surface area contributed by atoms with Crippen LogP contribution in [0.4, 0.5) is 17.1 Å². The van der Waals surface area contributed by atoms with E-state index in [1.54, 1.807) is 12.1 Å². The van der Waals surface area contributed by atoms with E-state index >= 15 is 0 Å². The van der Waals surface area contributed by atoms with Crippen LogP contribution in [0.25, 0.3) is 0 Å². The maximum absolute atomic E-state index is 12.6. The van der Waals surface area contributed by atoms with Crippen molar-refractivity contribution in [2.45, 2.75) is 33.1 Å². The van der Waals surface area contributed by atoms with Gasteiger partial charge in [-0.05, 0) is 80.7 Å². The van der Waals surface area contributed by atoms with Crippen LogP contribution in [0.5, 0.6) is 0 Å². The molecule has 3 rings (SSSR count). The van der Waals surface area contributed by atoms with E-state index in [0.717, 1.165) is 49.2 Å². The highest BCUT2D eigenvalue weighted by atomic mass is 32.1. The summed E-state index contributed by atoms with van der Waals surface area (Å²) in [6.07, 6.45) is 3.16. The lowest BCUT2D eigenvalue weighted by atomic mass is 10.1. The van der Waals surface area contributed by atoms with Crippen molar-refractivity contribution in [1.82, 2.24) is 5.32 Å². The minimum atomic E-state index is -0.486. The number of benzene rings is 2. The summed E-state index contributed by atoms with van der Waals surface area (Å²) in [5.74, 6) is -0.486. The van der Waals surface area contributed by atoms with E-state index in [1.165, 1.54) is 6.07 Å². The number of piperidine rings is 1. The van der Waals surface area contributed by atoms with Gasteiger partial charge in [-0.1, -0.05) is 6.07 Å². The Hall–Kier alpha value is -3.00. The third kappa shape index (κ3) is 5.29. The third-order valence-electron chi connectivity index (χ3n) is 4.84. The lowest BCUT2D eigenvalue weighted by Gasteiger charge is -2.28. The Balaban J connectivity index is 1.73. The van der Waals surface area contributed by atoms with Gasteiger partial charge in [0.25, 0.3) is 11.6 Å². The highest BCUT2D eigenvalue weighted by Gasteiger charge is 2.23. The number of anilines is 2. The second-order valence-corrected chi connectivity index (χ2v) is 7.70. The molecule has 1 aliphatic rings. The summed E-state index contributed by atoms with van der Waals surface area (Å²) in [5, 5.41) is 17.3. The molecule has 7 nitrogen and oxygen atoms in total. The van der Waals surface area contributed by atoms with Gasteiger partial charge in [0.15, 0.2) is 5.11 Å². The molecule has 0 unspecified atom stereocenters. The Bertz CT molecular complexity index is 935. The van der Waals surface area contributed by atoms with E-state index in [0.29, 0.717) is 5.69 Å². The number of aryl methyl sites for hydroxylation is 2. The van der Waals surface area contributed by atoms with Gasteiger partial charge in [0.2, 0.25) is 0 Å². The normalized spacial score (nSPS) is 13.7. The number of thiocarbonyl (C=S) groups is 1. The number of nitro groups is 1. The zero-order valence-electron chi connectivity index (χ0n) is 16.5. The van der Waals surface area contributed by atoms with Crippen LogP contribution in [0, 0.1) is 24.0 Å². The van der Waals surface area contributed by atoms with Crippen LogP contribution in [-0.4, -0.2) is 29.0 Å². The van der Waals surface area contributed by atoms with Crippen LogP contribution < -0.4 is 15.5 Å². The Morgan fingerprint density at radius 3 is 2.34 bits per heavy atom. The first-order chi connectivity index (χ1) is 13.8. The molecule has 152 valence electrons. The van der Waals surface area contributed by atoms with E-state index in [-0.39, 0.29) is 16.4 Å². The molecule has 0 spiro atoms. The molecule has 0 saturated carbocycles. The third-order valence-corrected chi connectivity index (χ3v) is 5.04. The highest BCUT2D eigenvalue weighted by Crippen LogP contribution is 2.31. The average molecular weight is 413 g/mol. The molecule has 0 aliphatic carbocycles. The van der Waals surface area contributed by atoms with E-state index < -0.39 is 10.8 Å². The van der Waals surface area contributed by atoms with Crippen molar-refractivity contribution < 1.29 is 9.72 Å². The molecular weight excluding hydrogens is 388 g/mol. The Kier molecular flexibility index (Phi) is 6.43. The first-order valence-electron chi connectivity index (χ1n) is 9.57. The van der Waals surface area contributed by atoms with Crippen LogP contribution in [0.15, 0.2) is 36.4 Å². The molecule has 1 heterocycles. The first kappa shape index (κ1) is 20.7. The highest BCUT2D eigenvalue weighted by molar-refractivity contribution is 7.80. The number of hydrogen-bond donors (Lipinski definition) is 2. The summed E-state index contributed by atoms with van der Waals surface area (Å²) < 4.78 is 0. The average Bonchev–Trinajstić information content (AvgIpc) is 2.67. The monoisotopic (exact) mass is 412 g/mol. The zero-order chi connectivity index (χ0) is 21.0. The zero-order valence-corrected chi connectivity index (χ0v) is 17.3. The second kappa shape index (κ2) is 9.00. The minimum Gasteiger partial charge on any atom is -0.366 e. The largest absolute Gasteiger partial charge is 0.366 e. The number of carbonyl (C=O) groups excluding carboxylic acids is 1. The second-order valence-electron chi connectivity index (χ2n) is 7.29. The molecule has 1 aliphatic heterocycles. The summed E-state index contributed by atoms with van der Waals surface area (Å²) in [5.41, 5.74) is 3.62. The van der Waals surface area contributed by atoms with Gasteiger partial charge >= 0.3 is 0 Å². The number of hydrogen-bond acceptors (Lipinski definition) is 5. The molecule has 0 radical (unpaired) electrons. The quantitative estimate of drug-likeness (QED) is 0.442. The fourth-order valence-corrected chi connectivity index (χ4v) is 3.81. The van der Waals surface area contributed by atoms with Crippen molar-refractivity contribution in [1.29, 1.82) is 0 Å². The maximum atomic E-state index is 12.6. The summed E-state index contributed by atoms with van der Waals surface area (Å²) in [6.45, 7) is 5.53. The van der Waals surface area contributed by atoms with Gasteiger partial charge in [0.1, 0.15) is 5.69 Å². The van der Waals surface area contributed by atoms with Crippen molar-refractivity contribution in [3.05, 3.63) is 63.2 Å². The lowest BCUT2D eigenvalue weighted by molar-refractivity contribution is -0.384. The molecule has 0 atom stereocenters. The maximum Gasteiger partial charge on any atom is 0.293 e. The molecule has 2 aromatic carbocycles. The predicted octanol–water partition coefficient (Wildman–Crippen LogP) is 4.33. The van der Waals surface area contributed by atoms with Gasteiger partial charge in [-0.3, -0.25) is 20.2 Å². The van der Waals surface area contributed by atoms with E-state index in [4.69, 9.17) is 12.2 Å². The fraction of sp³-hybridized carbons (Fsp3) is 0.333. The van der Waals surface area contributed by atoms with Gasteiger partial charge in [-0.15, -0.1) is 0 Å². The topological polar surface area (TPSA) is 87.5 Å². The molecule has 2 aromatic rings. The van der Waals surface area contributed by atoms with Gasteiger partial charge in [0, 0.05) is 30.4 Å². The van der Waals surface area contributed by atoms with Crippen molar-refractivity contribution >= 4 is 40.3 Å². The standard InChI is InChI=1S/C21H24N4O3S/c1-14-10-15(2)12-17(11-14)22-21(29)23-20(26)16-6-7-18(19(13-16)25(27)28)24-8-4-3-5-9-24/h6-7,10-13H,3-5,8-9H2,1-2H3,(H2,22,23,26,29). The van der Waals surface area contributed by atoms with Crippen LogP contribution in [0.3, 0.4) is 0 Å². The molecule has 1 amide bonds. The molecule has 0 bridgehead atoms. The number of rotatable bonds is 4. The Labute approximate surface area is 175 Å². The van der Waals surface area contributed by atoms with Gasteiger partial charge in [-0.2, -0.15) is 0 Å². The molecule has 8 heteroatoms. The van der Waals surface area contributed by atoms with Crippen LogP contribution in [0.2, 0.25) is 0 Å². The Morgan fingerprint density at radius 1 is 1.07 bits per heavy atom. The van der Waals surface area contributed by atoms with E-state index in [2.05, 4.69) is 10.6 Å². The van der Waals surface area contributed by atoms with Crippen LogP contribution in [-0.2, 0) is 0 Å². The minimum absolute atomic E-state index is 0.0623. The molecule has 29 heavy (non-hydrogen) atoms. The number of amides is 1. The van der Waals surface area contributed by atoms with Crippen molar-refractivity contribution in [2.75, 3.05) is 23.3 Å². The molecule has 1 fully saturated rings. The van der Waals surface area contributed by atoms with Crippen LogP contribution >= 0.6 is 12.2 Å². The summed E-state index contributed by atoms with van der Waals surface area (Å²) in [4.78, 5) is 25.7. The number of nitrogens with one attached hydrogen (secondary N) is 2. The van der Waals surface area contributed by atoms with Crippen molar-refractivity contribution in [3.8, 4) is 0 Å². The molecular formula is C21H24N4O3S. The van der Waals surface area contributed by atoms with Crippen molar-refractivity contribution in [3.63, 3.8) is 0 Å². The summed E-state index contributed by atoms with van der Waals surface area (Å²) in [6, 6.07) is 10.5. The molecule has 1 saturated heterocycles. The first-order valence-corrected chi connectivity index (χ1v) is 9.98. The van der Waals surface area contributed by atoms with Crippen molar-refractivity contribution in [2.24, 2.45) is 0 Å². The van der Waals surface area contributed by atoms with E-state index in [9.17, 15) is 14.9 Å². The SMILES string of the molecule is Cc1cc(C)cc(NC(=S)NC(=O)c2ccc(N3CCCCC3)c([N+](=O)[O-])c2)c1. The molecule has 2 N–H and O–H groups in total. The summed E-state index contributed by atoms with van der Waals surface area (Å²) >= 11 is 5.23. The van der Waals surface area contributed by atoms with Gasteiger partial charge < -0.3 is 10.2 Å². The van der Waals surface area contributed by atoms with E-state index in [1.807, 2.05) is 36.9 Å². The summed E-state index contributed by atoms with van der Waals surface area (Å²) in [7, 11) is 0. The smallest absolute Gasteiger partial charge is 0.293 e.